The highest BCUT2D eigenvalue weighted by Crippen LogP contribution is 2.34. The predicted octanol–water partition coefficient (Wildman–Crippen LogP) is 5.60. The molecule has 5 aromatic carbocycles. The second-order valence-electron chi connectivity index (χ2n) is 19.5. The van der Waals surface area contributed by atoms with Crippen molar-refractivity contribution < 1.29 is 26.8 Å². The van der Waals surface area contributed by atoms with Crippen LogP contribution in [0.25, 0.3) is 22.3 Å². The fourth-order valence-corrected chi connectivity index (χ4v) is 10.3. The van der Waals surface area contributed by atoms with Crippen molar-refractivity contribution in [1.82, 2.24) is 39.0 Å². The van der Waals surface area contributed by atoms with Crippen molar-refractivity contribution in [3.63, 3.8) is 0 Å². The molecule has 0 saturated heterocycles. The van der Waals surface area contributed by atoms with Crippen LogP contribution < -0.4 is 38.7 Å². The van der Waals surface area contributed by atoms with Gasteiger partial charge >= 0.3 is 11.4 Å². The molecule has 4 heterocycles. The number of H-pyrrole nitrogens is 4. The zero-order valence-corrected chi connectivity index (χ0v) is 41.9. The van der Waals surface area contributed by atoms with E-state index in [4.69, 9.17) is 11.5 Å². The van der Waals surface area contributed by atoms with Crippen LogP contribution in [0.4, 0.5) is 14.5 Å². The van der Waals surface area contributed by atoms with Crippen LogP contribution in [0, 0.1) is 23.5 Å². The van der Waals surface area contributed by atoms with Crippen molar-refractivity contribution in [3.8, 4) is 0 Å². The molecular formula is C55H51F2N11O8S. The molecule has 19 nitrogen and oxygen atoms in total. The van der Waals surface area contributed by atoms with Crippen LogP contribution in [0.15, 0.2) is 145 Å². The molecule has 0 radical (unpaired) electrons. The largest absolute Gasteiger partial charge is 0.369 e. The number of nitrogens with zero attached hydrogens (tertiary/aromatic N) is 4. The van der Waals surface area contributed by atoms with Crippen LogP contribution in [0.2, 0.25) is 0 Å². The van der Waals surface area contributed by atoms with E-state index in [0.29, 0.717) is 70.1 Å². The number of halogens is 2. The van der Waals surface area contributed by atoms with E-state index in [0.717, 1.165) is 31.2 Å². The number of primary amides is 2. The van der Waals surface area contributed by atoms with Gasteiger partial charge in [-0.15, -0.1) is 0 Å². The number of nitrogens with one attached hydrogen (secondary N) is 5. The number of sulfonamides is 1. The summed E-state index contributed by atoms with van der Waals surface area (Å²) in [6.07, 6.45) is 4.50. The summed E-state index contributed by atoms with van der Waals surface area (Å²) in [5, 5.41) is 0. The summed E-state index contributed by atoms with van der Waals surface area (Å²) in [6.45, 7) is 0.929. The molecule has 2 aliphatic carbocycles. The number of carbonyl (C=O) groups excluding carboxylic acids is 2. The topological polar surface area (TPSA) is 299 Å². The Kier molecular flexibility index (Phi) is 14.2. The van der Waals surface area contributed by atoms with Crippen molar-refractivity contribution >= 4 is 49.9 Å². The number of carbonyl (C=O) groups is 2. The summed E-state index contributed by atoms with van der Waals surface area (Å²) >= 11 is 0. The van der Waals surface area contributed by atoms with Gasteiger partial charge in [0.15, 0.2) is 11.3 Å². The molecule has 9 N–H and O–H groups in total. The van der Waals surface area contributed by atoms with Gasteiger partial charge in [-0.05, 0) is 127 Å². The maximum atomic E-state index is 14.8. The van der Waals surface area contributed by atoms with Crippen LogP contribution in [0.5, 0.6) is 0 Å². The molecule has 11 rings (SSSR count). The number of amides is 2. The van der Waals surface area contributed by atoms with E-state index in [9.17, 15) is 46.0 Å². The molecule has 2 aliphatic rings. The first-order valence-corrected chi connectivity index (χ1v) is 26.3. The smallest absolute Gasteiger partial charge is 0.330 e. The zero-order valence-electron chi connectivity index (χ0n) is 41.1. The van der Waals surface area contributed by atoms with Crippen LogP contribution in [0.3, 0.4) is 0 Å². The minimum absolute atomic E-state index is 0.00144. The second-order valence-corrected chi connectivity index (χ2v) is 21.1. The fourth-order valence-electron chi connectivity index (χ4n) is 9.28. The number of aromatic amines is 4. The highest BCUT2D eigenvalue weighted by molar-refractivity contribution is 7.92. The highest BCUT2D eigenvalue weighted by atomic mass is 32.2. The Morgan fingerprint density at radius 2 is 1.05 bits per heavy atom. The van der Waals surface area contributed by atoms with E-state index in [-0.39, 0.29) is 52.3 Å². The van der Waals surface area contributed by atoms with E-state index in [1.54, 1.807) is 84.9 Å². The van der Waals surface area contributed by atoms with E-state index < -0.39 is 62.0 Å². The molecule has 2 unspecified atom stereocenters. The number of hydrogen-bond acceptors (Lipinski definition) is 10. The Hall–Kier alpha value is -9.05. The molecular weight excluding hydrogens is 1010 g/mol. The SMILES string of the molecule is NC(=O)Cc1ccc(S(=O)(=O)Nc2ccc(C(Cc3ccccc3F)c3nc4c([nH]3)c(=O)[nH]c(=O)n4CC3CC3)cc2)cc1.NC(=O)c1ccc(C(Cc2ccccc2F)c2nc3c([nH]2)c(=O)[nH]c(=O)n3CC2CC2)cc1. The van der Waals surface area contributed by atoms with Gasteiger partial charge in [0.2, 0.25) is 11.8 Å². The Balaban J connectivity index is 0.000000182. The molecule has 2 amide bonds. The van der Waals surface area contributed by atoms with Gasteiger partial charge < -0.3 is 21.4 Å². The normalized spacial score (nSPS) is 14.2. The lowest BCUT2D eigenvalue weighted by molar-refractivity contribution is -0.117. The van der Waals surface area contributed by atoms with E-state index >= 15 is 0 Å². The molecule has 22 heteroatoms. The summed E-state index contributed by atoms with van der Waals surface area (Å²) in [7, 11) is -3.94. The van der Waals surface area contributed by atoms with Gasteiger partial charge in [0.25, 0.3) is 21.1 Å². The summed E-state index contributed by atoms with van der Waals surface area (Å²) in [5.41, 5.74) is 12.9. The van der Waals surface area contributed by atoms with Crippen molar-refractivity contribution in [2.24, 2.45) is 23.3 Å². The molecule has 9 aromatic rings. The van der Waals surface area contributed by atoms with Crippen LogP contribution >= 0.6 is 0 Å². The Bertz CT molecular complexity index is 4070. The minimum atomic E-state index is -3.94. The fraction of sp³-hybridized carbons (Fsp3) is 0.236. The average molecular weight is 1060 g/mol. The molecule has 2 atom stereocenters. The Morgan fingerprint density at radius 1 is 0.610 bits per heavy atom. The molecule has 2 fully saturated rings. The number of hydrogen-bond donors (Lipinski definition) is 7. The third kappa shape index (κ3) is 11.6. The zero-order chi connectivity index (χ0) is 54.1. The number of benzene rings is 5. The van der Waals surface area contributed by atoms with Crippen LogP contribution in [-0.4, -0.2) is 59.3 Å². The maximum Gasteiger partial charge on any atom is 0.330 e. The van der Waals surface area contributed by atoms with Gasteiger partial charge in [0.1, 0.15) is 34.3 Å². The van der Waals surface area contributed by atoms with E-state index in [1.807, 2.05) is 0 Å². The molecule has 0 bridgehead atoms. The summed E-state index contributed by atoms with van der Waals surface area (Å²) < 4.78 is 60.8. The van der Waals surface area contributed by atoms with Gasteiger partial charge in [-0.1, -0.05) is 72.8 Å². The van der Waals surface area contributed by atoms with Crippen LogP contribution in [0.1, 0.15) is 87.3 Å². The van der Waals surface area contributed by atoms with Crippen molar-refractivity contribution in [2.45, 2.75) is 74.8 Å². The highest BCUT2D eigenvalue weighted by Gasteiger charge is 2.29. The van der Waals surface area contributed by atoms with Gasteiger partial charge in [-0.25, -0.2) is 36.8 Å². The van der Waals surface area contributed by atoms with Crippen molar-refractivity contribution in [3.05, 3.63) is 220 Å². The lowest BCUT2D eigenvalue weighted by Gasteiger charge is -2.17. The lowest BCUT2D eigenvalue weighted by atomic mass is 9.90. The first-order valence-electron chi connectivity index (χ1n) is 24.8. The van der Waals surface area contributed by atoms with E-state index in [1.165, 1.54) is 45.5 Å². The Morgan fingerprint density at radius 3 is 1.47 bits per heavy atom. The van der Waals surface area contributed by atoms with Crippen molar-refractivity contribution in [2.75, 3.05) is 4.72 Å². The van der Waals surface area contributed by atoms with E-state index in [2.05, 4.69) is 34.6 Å². The van der Waals surface area contributed by atoms with Gasteiger partial charge in [0.05, 0.1) is 11.3 Å². The standard InChI is InChI=1S/C31H29FN6O5S.C24H22FN5O3/c32-25-4-2-1-3-21(25)16-24(28-34-27-29(35-28)38(17-19-5-6-19)31(41)36-30(27)40)20-9-11-22(12-10-20)37-44(42,43)23-13-7-18(8-14-23)15-26(33)39;25-18-4-2-1-3-16(18)11-17(14-7-9-15(10-8-14)20(26)31)21-27-19-22(28-21)30(12-13-5-6-13)24(33)29-23(19)32/h1-4,7-14,19,24,37H,5-6,15-17H2,(H2,33,39)(H,34,35)(H,36,40,41);1-4,7-10,13,17H,5-6,11-12H2,(H2,26,31)(H,27,28)(H,29,32,33). The molecule has 0 spiro atoms. The van der Waals surface area contributed by atoms with Gasteiger partial charge in [-0.3, -0.25) is 43.0 Å². The maximum absolute atomic E-state index is 14.8. The van der Waals surface area contributed by atoms with Gasteiger partial charge in [0, 0.05) is 36.2 Å². The number of aromatic nitrogens is 8. The van der Waals surface area contributed by atoms with Crippen LogP contribution in [-0.2, 0) is 47.2 Å². The third-order valence-corrected chi connectivity index (χ3v) is 15.2. The predicted molar refractivity (Wildman–Crippen MR) is 283 cm³/mol. The summed E-state index contributed by atoms with van der Waals surface area (Å²) in [4.78, 5) is 93.2. The first kappa shape index (κ1) is 51.4. The third-order valence-electron chi connectivity index (χ3n) is 13.8. The number of fused-ring (bicyclic) bond motifs is 2. The monoisotopic (exact) mass is 1060 g/mol. The number of rotatable bonds is 18. The van der Waals surface area contributed by atoms with Crippen molar-refractivity contribution in [1.29, 1.82) is 0 Å². The molecule has 2 saturated carbocycles. The molecule has 4 aromatic heterocycles. The molecule has 0 aliphatic heterocycles. The average Bonchev–Trinajstić information content (AvgIpc) is 4.33. The number of nitrogens with two attached hydrogens (primary N) is 2. The Labute approximate surface area is 436 Å². The molecule has 394 valence electrons. The number of anilines is 1. The second kappa shape index (κ2) is 21.3. The van der Waals surface area contributed by atoms with Gasteiger partial charge in [-0.2, -0.15) is 0 Å². The number of imidazole rings is 2. The quantitative estimate of drug-likeness (QED) is 0.0558. The minimum Gasteiger partial charge on any atom is -0.369 e. The summed E-state index contributed by atoms with van der Waals surface area (Å²) in [6, 6.07) is 31.9. The lowest BCUT2D eigenvalue weighted by Crippen LogP contribution is -2.30. The summed E-state index contributed by atoms with van der Waals surface area (Å²) in [5.74, 6) is -1.30. The first-order chi connectivity index (χ1) is 37.0. The molecule has 77 heavy (non-hydrogen) atoms.